The van der Waals surface area contributed by atoms with E-state index in [-0.39, 0.29) is 44.9 Å². The minimum Gasteiger partial charge on any atom is -0.518 e. The average molecular weight is 626 g/mol. The van der Waals surface area contributed by atoms with Crippen molar-refractivity contribution in [3.05, 3.63) is 123 Å². The summed E-state index contributed by atoms with van der Waals surface area (Å²) in [6, 6.07) is 15.5. The third-order valence-electron chi connectivity index (χ3n) is 8.04. The Balaban J connectivity index is 1.51. The first kappa shape index (κ1) is 26.5. The summed E-state index contributed by atoms with van der Waals surface area (Å²) >= 11 is 0. The standard InChI is InChI=1S/C31H10BF7N6O/c33-18-9-16-17(10-19(18)34)31-43-30-15-8-4-3-7-14(15)29-42-28-13-6-2-1-5-12(13)27(41-28)40-11-20(16)44(31)32(45(29)30)46-26-24(38)22(36)21(35)23(37)25(26)39/h1-10H. The van der Waals surface area contributed by atoms with Crippen molar-refractivity contribution in [3.8, 4) is 5.75 Å². The normalized spacial score (nSPS) is 14.1. The van der Waals surface area contributed by atoms with Crippen LogP contribution in [0.3, 0.4) is 0 Å². The molecule has 0 saturated heterocycles. The van der Waals surface area contributed by atoms with Gasteiger partial charge in [0.25, 0.3) is 0 Å². The van der Waals surface area contributed by atoms with E-state index in [2.05, 4.69) is 15.9 Å². The summed E-state index contributed by atoms with van der Waals surface area (Å²) in [6.45, 7) is 0. The number of nitrogens with zero attached hydrogens (tertiary/aromatic N) is 6. The van der Waals surface area contributed by atoms with Gasteiger partial charge in [-0.15, -0.1) is 0 Å². The summed E-state index contributed by atoms with van der Waals surface area (Å²) in [6.07, 6.45) is 0. The second-order valence-corrected chi connectivity index (χ2v) is 10.5. The molecule has 0 saturated carbocycles. The van der Waals surface area contributed by atoms with Gasteiger partial charge in [0, 0.05) is 38.5 Å². The van der Waals surface area contributed by atoms with Gasteiger partial charge in [0.2, 0.25) is 29.1 Å². The molecular weight excluding hydrogens is 616 g/mol. The van der Waals surface area contributed by atoms with Crippen LogP contribution in [0.4, 0.5) is 42.4 Å². The van der Waals surface area contributed by atoms with Crippen LogP contribution < -0.4 is 15.5 Å². The number of hydrogen-bond donors (Lipinski definition) is 0. The Morgan fingerprint density at radius 1 is 0.587 bits per heavy atom. The maximum absolute atomic E-state index is 15.2. The molecule has 2 aromatic heterocycles. The number of rotatable bonds is 2. The zero-order valence-corrected chi connectivity index (χ0v) is 22.6. The van der Waals surface area contributed by atoms with Crippen LogP contribution in [-0.4, -0.2) is 33.7 Å². The number of benzene rings is 4. The van der Waals surface area contributed by atoms with E-state index in [0.717, 1.165) is 16.6 Å². The molecule has 0 spiro atoms. The molecule has 3 aliphatic rings. The van der Waals surface area contributed by atoms with Gasteiger partial charge in [-0.3, -0.25) is 4.48 Å². The first-order chi connectivity index (χ1) is 22.2. The van der Waals surface area contributed by atoms with Gasteiger partial charge in [0.15, 0.2) is 29.1 Å². The topological polar surface area (TPSA) is 68.5 Å². The van der Waals surface area contributed by atoms with Gasteiger partial charge in [0.05, 0.1) is 0 Å². The molecular formula is C31H10BF7N6O. The Kier molecular flexibility index (Phi) is 5.20. The highest BCUT2D eigenvalue weighted by Gasteiger charge is 2.41. The van der Waals surface area contributed by atoms with Crippen LogP contribution in [0.15, 0.2) is 80.6 Å². The van der Waals surface area contributed by atoms with Crippen molar-refractivity contribution in [2.45, 2.75) is 0 Å². The molecule has 0 N–H and O–H groups in total. The Bertz CT molecular complexity index is 2630. The average Bonchev–Trinajstić information content (AvgIpc) is 3.67. The zero-order chi connectivity index (χ0) is 31.6. The first-order valence-electron chi connectivity index (χ1n) is 13.5. The van der Waals surface area contributed by atoms with Crippen molar-refractivity contribution < 1.29 is 35.4 Å². The molecule has 6 aromatic rings. The van der Waals surface area contributed by atoms with E-state index in [9.17, 15) is 22.0 Å². The van der Waals surface area contributed by atoms with Crippen LogP contribution >= 0.6 is 0 Å². The number of aromatic nitrogens is 2. The highest BCUT2D eigenvalue weighted by Crippen LogP contribution is 2.41. The fourth-order valence-electron chi connectivity index (χ4n) is 5.99. The summed E-state index contributed by atoms with van der Waals surface area (Å²) in [5, 5.41) is 0.819. The summed E-state index contributed by atoms with van der Waals surface area (Å²) in [5.74, 6) is -12.1. The minimum atomic E-state index is -2.38. The van der Waals surface area contributed by atoms with Crippen molar-refractivity contribution in [3.63, 3.8) is 0 Å². The van der Waals surface area contributed by atoms with Crippen LogP contribution in [0.25, 0.3) is 21.5 Å². The highest BCUT2D eigenvalue weighted by atomic mass is 19.2. The monoisotopic (exact) mass is 626 g/mol. The van der Waals surface area contributed by atoms with E-state index >= 15 is 8.78 Å². The molecule has 3 aliphatic heterocycles. The van der Waals surface area contributed by atoms with Crippen molar-refractivity contribution in [2.75, 3.05) is 0 Å². The molecule has 46 heavy (non-hydrogen) atoms. The summed E-state index contributed by atoms with van der Waals surface area (Å²) in [7, 11) is -1.84. The van der Waals surface area contributed by atoms with E-state index < -0.39 is 53.7 Å². The lowest BCUT2D eigenvalue weighted by atomic mass is 9.97. The molecule has 5 heterocycles. The molecule has 7 nitrogen and oxygen atoms in total. The van der Waals surface area contributed by atoms with E-state index in [1.807, 2.05) is 0 Å². The van der Waals surface area contributed by atoms with Gasteiger partial charge in [-0.2, -0.15) is 13.8 Å². The lowest BCUT2D eigenvalue weighted by molar-refractivity contribution is 0.344. The Morgan fingerprint density at radius 3 is 1.83 bits per heavy atom. The largest absolute Gasteiger partial charge is 0.632 e. The molecule has 0 aliphatic carbocycles. The second-order valence-electron chi connectivity index (χ2n) is 10.5. The van der Waals surface area contributed by atoms with Crippen LogP contribution in [0, 0.1) is 40.7 Å². The number of fused-ring (bicyclic) bond motifs is 10. The quantitative estimate of drug-likeness (QED) is 0.109. The third kappa shape index (κ3) is 3.34. The molecule has 0 radical (unpaired) electrons. The van der Waals surface area contributed by atoms with Crippen LogP contribution in [0.2, 0.25) is 0 Å². The third-order valence-corrected chi connectivity index (χ3v) is 8.04. The molecule has 4 bridgehead atoms. The van der Waals surface area contributed by atoms with Gasteiger partial charge >= 0.3 is 7.19 Å². The Hall–Kier alpha value is -5.95. The van der Waals surface area contributed by atoms with Crippen LogP contribution in [0.5, 0.6) is 5.75 Å². The number of aliphatic imine (C=N–C) groups is 3. The lowest BCUT2D eigenvalue weighted by Gasteiger charge is -2.23. The number of hydrogen-bond acceptors (Lipinski definition) is 5. The summed E-state index contributed by atoms with van der Waals surface area (Å²) in [4.78, 5) is 18.5. The van der Waals surface area contributed by atoms with E-state index in [1.165, 1.54) is 4.48 Å². The van der Waals surface area contributed by atoms with Gasteiger partial charge in [-0.05, 0) is 12.1 Å². The second kappa shape index (κ2) is 9.05. The smallest absolute Gasteiger partial charge is 0.518 e. The molecule has 0 amide bonds. The van der Waals surface area contributed by atoms with Gasteiger partial charge in [-0.25, -0.2) is 36.9 Å². The van der Waals surface area contributed by atoms with Crippen molar-refractivity contribution in [1.82, 2.24) is 8.96 Å². The van der Waals surface area contributed by atoms with E-state index in [0.29, 0.717) is 21.9 Å². The SMILES string of the molecule is Fc1cc2c3n4c(c2cc1F)=Nc1c2ccccc2c(n1B4Oc1c(F)c(F)c(F)c(F)c1F)N=C1N=C(N=C=3)c2ccccc21. The van der Waals surface area contributed by atoms with E-state index in [4.69, 9.17) is 14.6 Å². The van der Waals surface area contributed by atoms with Gasteiger partial charge in [0.1, 0.15) is 22.5 Å². The van der Waals surface area contributed by atoms with Gasteiger partial charge < -0.3 is 9.13 Å². The maximum Gasteiger partial charge on any atom is 0.632 e. The Labute approximate surface area is 251 Å². The predicted molar refractivity (Wildman–Crippen MR) is 153 cm³/mol. The predicted octanol–water partition coefficient (Wildman–Crippen LogP) is 5.49. The summed E-state index contributed by atoms with van der Waals surface area (Å²) < 4.78 is 111. The molecule has 15 heteroatoms. The molecule has 4 aromatic carbocycles. The molecule has 0 fully saturated rings. The van der Waals surface area contributed by atoms with Crippen LogP contribution in [-0.2, 0) is 0 Å². The Morgan fingerprint density at radius 2 is 1.15 bits per heavy atom. The lowest BCUT2D eigenvalue weighted by Crippen LogP contribution is -2.52. The highest BCUT2D eigenvalue weighted by molar-refractivity contribution is 6.52. The summed E-state index contributed by atoms with van der Waals surface area (Å²) in [5.41, 5.74) is 1.07. The van der Waals surface area contributed by atoms with Crippen LogP contribution in [0.1, 0.15) is 11.1 Å². The molecule has 222 valence electrons. The number of halogens is 7. The minimum absolute atomic E-state index is 0.0105. The maximum atomic E-state index is 15.2. The number of amidine groups is 2. The fourth-order valence-corrected chi connectivity index (χ4v) is 5.99. The molecule has 9 rings (SSSR count). The zero-order valence-electron chi connectivity index (χ0n) is 22.6. The van der Waals surface area contributed by atoms with E-state index in [1.54, 1.807) is 48.5 Å². The fraction of sp³-hybridized carbons (Fsp3) is 0. The van der Waals surface area contributed by atoms with Crippen molar-refractivity contribution >= 4 is 57.9 Å². The van der Waals surface area contributed by atoms with Crippen molar-refractivity contribution in [1.29, 1.82) is 0 Å². The van der Waals surface area contributed by atoms with Crippen molar-refractivity contribution in [2.24, 2.45) is 20.0 Å². The molecule has 0 atom stereocenters. The van der Waals surface area contributed by atoms with Gasteiger partial charge in [-0.1, -0.05) is 48.5 Å². The first-order valence-corrected chi connectivity index (χ1v) is 13.5. The molecule has 0 unspecified atom stereocenters.